The molecule has 2 N–H and O–H groups in total. The Hall–Kier alpha value is -1.47. The van der Waals surface area contributed by atoms with E-state index in [1.807, 2.05) is 23.7 Å². The normalized spacial score (nSPS) is 11.0. The van der Waals surface area contributed by atoms with Crippen LogP contribution in [-0.2, 0) is 10.3 Å². The van der Waals surface area contributed by atoms with Crippen LogP contribution in [0.2, 0.25) is 0 Å². The predicted molar refractivity (Wildman–Crippen MR) is 62.5 cm³/mol. The standard InChI is InChI=1S/C9H14N2O4S/c1-11(2)7-4-5-8(9(6-7)15-3)10-16(12,13)14/h4-6,10H,1-3H3,(H,12,13,14). The van der Waals surface area contributed by atoms with Gasteiger partial charge in [-0.05, 0) is 12.1 Å². The molecule has 0 aromatic heterocycles. The van der Waals surface area contributed by atoms with Crippen LogP contribution < -0.4 is 14.4 Å². The summed E-state index contributed by atoms with van der Waals surface area (Å²) in [5, 5.41) is 0. The number of ether oxygens (including phenoxy) is 1. The molecule has 0 saturated carbocycles. The topological polar surface area (TPSA) is 78.9 Å². The number of nitrogens with zero attached hydrogens (tertiary/aromatic N) is 1. The first-order valence-electron chi connectivity index (χ1n) is 4.44. The van der Waals surface area contributed by atoms with Gasteiger partial charge >= 0.3 is 10.3 Å². The first kappa shape index (κ1) is 12.6. The molecule has 90 valence electrons. The smallest absolute Gasteiger partial charge is 0.357 e. The van der Waals surface area contributed by atoms with Crippen molar-refractivity contribution in [3.8, 4) is 5.75 Å². The van der Waals surface area contributed by atoms with E-state index in [4.69, 9.17) is 9.29 Å². The van der Waals surface area contributed by atoms with Crippen molar-refractivity contribution in [3.63, 3.8) is 0 Å². The Kier molecular flexibility index (Phi) is 3.61. The third-order valence-corrected chi connectivity index (χ3v) is 2.42. The van der Waals surface area contributed by atoms with E-state index in [9.17, 15) is 8.42 Å². The fraction of sp³-hybridized carbons (Fsp3) is 0.333. The zero-order valence-corrected chi connectivity index (χ0v) is 10.1. The molecule has 0 bridgehead atoms. The Morgan fingerprint density at radius 2 is 2.00 bits per heavy atom. The maximum Gasteiger partial charge on any atom is 0.357 e. The quantitative estimate of drug-likeness (QED) is 0.774. The SMILES string of the molecule is COc1cc(N(C)C)ccc1NS(=O)(=O)O. The van der Waals surface area contributed by atoms with Crippen molar-refractivity contribution in [1.82, 2.24) is 0 Å². The summed E-state index contributed by atoms with van der Waals surface area (Å²) in [6.45, 7) is 0. The third kappa shape index (κ3) is 3.28. The van der Waals surface area contributed by atoms with Crippen LogP contribution in [0.3, 0.4) is 0 Å². The highest BCUT2D eigenvalue weighted by Crippen LogP contribution is 2.29. The number of methoxy groups -OCH3 is 1. The highest BCUT2D eigenvalue weighted by atomic mass is 32.2. The first-order valence-corrected chi connectivity index (χ1v) is 5.88. The second-order valence-corrected chi connectivity index (χ2v) is 4.51. The molecule has 0 aliphatic carbocycles. The number of hydrogen-bond donors (Lipinski definition) is 2. The molecule has 1 aromatic carbocycles. The van der Waals surface area contributed by atoms with Gasteiger partial charge in [0.05, 0.1) is 12.8 Å². The molecule has 0 heterocycles. The van der Waals surface area contributed by atoms with Crippen molar-refractivity contribution >= 4 is 21.7 Å². The van der Waals surface area contributed by atoms with Crippen molar-refractivity contribution in [3.05, 3.63) is 18.2 Å². The lowest BCUT2D eigenvalue weighted by Crippen LogP contribution is -2.12. The first-order chi connectivity index (χ1) is 7.33. The number of rotatable bonds is 4. The molecule has 0 aliphatic rings. The van der Waals surface area contributed by atoms with E-state index >= 15 is 0 Å². The Morgan fingerprint density at radius 3 is 2.44 bits per heavy atom. The number of nitrogens with one attached hydrogen (secondary N) is 1. The summed E-state index contributed by atoms with van der Waals surface area (Å²) in [5.41, 5.74) is 1.05. The van der Waals surface area contributed by atoms with E-state index in [1.54, 1.807) is 12.1 Å². The highest BCUT2D eigenvalue weighted by Gasteiger charge is 2.10. The predicted octanol–water partition coefficient (Wildman–Crippen LogP) is 0.976. The van der Waals surface area contributed by atoms with Gasteiger partial charge in [-0.25, -0.2) is 0 Å². The van der Waals surface area contributed by atoms with Crippen molar-refractivity contribution in [1.29, 1.82) is 0 Å². The van der Waals surface area contributed by atoms with Gasteiger partial charge in [0.1, 0.15) is 5.75 Å². The van der Waals surface area contributed by atoms with E-state index in [-0.39, 0.29) is 5.69 Å². The van der Waals surface area contributed by atoms with Crippen molar-refractivity contribution in [2.45, 2.75) is 0 Å². The molecule has 16 heavy (non-hydrogen) atoms. The summed E-state index contributed by atoms with van der Waals surface area (Å²) >= 11 is 0. The molecule has 0 radical (unpaired) electrons. The summed E-state index contributed by atoms with van der Waals surface area (Å²) in [4.78, 5) is 1.85. The molecule has 0 fully saturated rings. The Bertz CT molecular complexity index is 470. The number of hydrogen-bond acceptors (Lipinski definition) is 4. The van der Waals surface area contributed by atoms with Crippen LogP contribution in [0.5, 0.6) is 5.75 Å². The number of anilines is 2. The van der Waals surface area contributed by atoms with E-state index in [0.717, 1.165) is 5.69 Å². The van der Waals surface area contributed by atoms with Crippen LogP contribution in [-0.4, -0.2) is 34.2 Å². The van der Waals surface area contributed by atoms with Gasteiger partial charge in [-0.2, -0.15) is 8.42 Å². The average Bonchev–Trinajstić information content (AvgIpc) is 2.15. The van der Waals surface area contributed by atoms with E-state index in [0.29, 0.717) is 5.75 Å². The molecule has 0 unspecified atom stereocenters. The van der Waals surface area contributed by atoms with Gasteiger partial charge in [0.2, 0.25) is 0 Å². The van der Waals surface area contributed by atoms with E-state index in [2.05, 4.69) is 0 Å². The largest absolute Gasteiger partial charge is 0.494 e. The molecule has 7 heteroatoms. The molecule has 0 saturated heterocycles. The molecule has 6 nitrogen and oxygen atoms in total. The Morgan fingerprint density at radius 1 is 1.38 bits per heavy atom. The lowest BCUT2D eigenvalue weighted by molar-refractivity contribution is 0.416. The van der Waals surface area contributed by atoms with Gasteiger partial charge in [0.15, 0.2) is 0 Å². The second-order valence-electron chi connectivity index (χ2n) is 3.36. The zero-order chi connectivity index (χ0) is 12.3. The molecule has 0 spiro atoms. The minimum atomic E-state index is -4.29. The summed E-state index contributed by atoms with van der Waals surface area (Å²) in [6, 6.07) is 4.88. The van der Waals surface area contributed by atoms with Crippen LogP contribution in [0.15, 0.2) is 18.2 Å². The Labute approximate surface area is 94.7 Å². The van der Waals surface area contributed by atoms with Crippen molar-refractivity contribution in [2.24, 2.45) is 0 Å². The van der Waals surface area contributed by atoms with Gasteiger partial charge < -0.3 is 9.64 Å². The fourth-order valence-corrected chi connectivity index (χ4v) is 1.63. The van der Waals surface area contributed by atoms with Crippen molar-refractivity contribution in [2.75, 3.05) is 30.8 Å². The van der Waals surface area contributed by atoms with Crippen molar-refractivity contribution < 1.29 is 17.7 Å². The maximum atomic E-state index is 10.7. The Balaban J connectivity index is 3.12. The lowest BCUT2D eigenvalue weighted by atomic mass is 10.2. The summed E-state index contributed by atoms with van der Waals surface area (Å²) in [7, 11) is 0.838. The second kappa shape index (κ2) is 4.58. The zero-order valence-electron chi connectivity index (χ0n) is 9.26. The van der Waals surface area contributed by atoms with Gasteiger partial charge in [-0.3, -0.25) is 9.27 Å². The summed E-state index contributed by atoms with van der Waals surface area (Å²) in [6.07, 6.45) is 0. The summed E-state index contributed by atoms with van der Waals surface area (Å²) in [5.74, 6) is 0.337. The molecule has 1 aromatic rings. The van der Waals surface area contributed by atoms with E-state index < -0.39 is 10.3 Å². The van der Waals surface area contributed by atoms with Crippen LogP contribution in [0.25, 0.3) is 0 Å². The third-order valence-electron chi connectivity index (χ3n) is 1.94. The van der Waals surface area contributed by atoms with E-state index in [1.165, 1.54) is 13.2 Å². The fourth-order valence-electron chi connectivity index (χ4n) is 1.18. The minimum absolute atomic E-state index is 0.190. The molecule has 0 aliphatic heterocycles. The van der Waals surface area contributed by atoms with Crippen LogP contribution >= 0.6 is 0 Å². The van der Waals surface area contributed by atoms with Gasteiger partial charge in [0, 0.05) is 25.8 Å². The maximum absolute atomic E-state index is 10.7. The van der Waals surface area contributed by atoms with Crippen LogP contribution in [0.1, 0.15) is 0 Å². The van der Waals surface area contributed by atoms with Gasteiger partial charge in [0.25, 0.3) is 0 Å². The molecular weight excluding hydrogens is 232 g/mol. The molecule has 1 rings (SSSR count). The highest BCUT2D eigenvalue weighted by molar-refractivity contribution is 7.87. The summed E-state index contributed by atoms with van der Waals surface area (Å²) < 4.78 is 37.0. The molecule has 0 amide bonds. The van der Waals surface area contributed by atoms with Gasteiger partial charge in [-0.1, -0.05) is 0 Å². The minimum Gasteiger partial charge on any atom is -0.494 e. The monoisotopic (exact) mass is 246 g/mol. The van der Waals surface area contributed by atoms with Crippen LogP contribution in [0, 0.1) is 0 Å². The number of benzene rings is 1. The molecule has 0 atom stereocenters. The lowest BCUT2D eigenvalue weighted by Gasteiger charge is -2.15. The van der Waals surface area contributed by atoms with Gasteiger partial charge in [-0.15, -0.1) is 0 Å². The van der Waals surface area contributed by atoms with Crippen LogP contribution in [0.4, 0.5) is 11.4 Å². The molecular formula is C9H14N2O4S. The average molecular weight is 246 g/mol.